The third-order valence-electron chi connectivity index (χ3n) is 3.19. The molecule has 92 valence electrons. The Labute approximate surface area is 98.9 Å². The smallest absolute Gasteiger partial charge is 0.226 e. The first-order valence-corrected chi connectivity index (χ1v) is 6.32. The maximum atomic E-state index is 11.9. The Morgan fingerprint density at radius 2 is 2.31 bits per heavy atom. The molecule has 3 nitrogen and oxygen atoms in total. The molecule has 1 heterocycles. The summed E-state index contributed by atoms with van der Waals surface area (Å²) >= 11 is 0. The number of nitrogens with zero attached hydrogens (tertiary/aromatic N) is 1. The summed E-state index contributed by atoms with van der Waals surface area (Å²) in [7, 11) is 1.92. The Balaban J connectivity index is 2.11. The zero-order valence-electron chi connectivity index (χ0n) is 10.4. The Hall–Kier alpha value is -0.830. The van der Waals surface area contributed by atoms with E-state index < -0.39 is 0 Å². The van der Waals surface area contributed by atoms with E-state index in [9.17, 15) is 4.79 Å². The third-order valence-corrected chi connectivity index (χ3v) is 3.19. The van der Waals surface area contributed by atoms with Crippen molar-refractivity contribution >= 4 is 5.91 Å². The average molecular weight is 224 g/mol. The highest BCUT2D eigenvalue weighted by molar-refractivity contribution is 5.79. The lowest BCUT2D eigenvalue weighted by Gasteiger charge is -2.20. The predicted molar refractivity (Wildman–Crippen MR) is 67.3 cm³/mol. The van der Waals surface area contributed by atoms with Crippen LogP contribution in [-0.4, -0.2) is 37.5 Å². The Kier molecular flexibility index (Phi) is 6.16. The quantitative estimate of drug-likeness (QED) is 0.528. The van der Waals surface area contributed by atoms with Crippen molar-refractivity contribution in [3.8, 4) is 0 Å². The van der Waals surface area contributed by atoms with Gasteiger partial charge >= 0.3 is 0 Å². The summed E-state index contributed by atoms with van der Waals surface area (Å²) in [5.74, 6) is 0.534. The maximum Gasteiger partial charge on any atom is 0.226 e. The first kappa shape index (κ1) is 13.2. The molecule has 0 aromatic rings. The van der Waals surface area contributed by atoms with Crippen LogP contribution >= 0.6 is 0 Å². The summed E-state index contributed by atoms with van der Waals surface area (Å²) in [6.07, 6.45) is 7.53. The average Bonchev–Trinajstić information content (AvgIpc) is 2.81. The number of carbonyl (C=O) groups is 1. The molecular weight excluding hydrogens is 200 g/mol. The maximum absolute atomic E-state index is 11.9. The van der Waals surface area contributed by atoms with E-state index in [0.717, 1.165) is 38.9 Å². The van der Waals surface area contributed by atoms with Gasteiger partial charge in [-0.3, -0.25) is 4.79 Å². The number of unbranched alkanes of at least 4 members (excludes halogenated alkanes) is 3. The highest BCUT2D eigenvalue weighted by Crippen LogP contribution is 2.11. The van der Waals surface area contributed by atoms with Crippen LogP contribution in [0.25, 0.3) is 0 Å². The number of amides is 1. The second kappa shape index (κ2) is 7.44. The van der Waals surface area contributed by atoms with Crippen molar-refractivity contribution in [1.29, 1.82) is 0 Å². The van der Waals surface area contributed by atoms with Gasteiger partial charge in [0.1, 0.15) is 0 Å². The van der Waals surface area contributed by atoms with E-state index in [1.165, 1.54) is 12.8 Å². The van der Waals surface area contributed by atoms with E-state index in [2.05, 4.69) is 11.9 Å². The molecule has 0 saturated carbocycles. The van der Waals surface area contributed by atoms with Crippen LogP contribution in [0.15, 0.2) is 12.7 Å². The molecule has 1 rings (SSSR count). The summed E-state index contributed by atoms with van der Waals surface area (Å²) in [5, 5.41) is 3.23. The minimum absolute atomic E-state index is 0.221. The molecule has 1 fully saturated rings. The lowest BCUT2D eigenvalue weighted by Crippen LogP contribution is -2.34. The number of rotatable bonds is 7. The van der Waals surface area contributed by atoms with Crippen LogP contribution in [0, 0.1) is 5.92 Å². The predicted octanol–water partition coefficient (Wildman–Crippen LogP) is 1.80. The number of nitrogens with one attached hydrogen (secondary N) is 1. The third kappa shape index (κ3) is 4.35. The Morgan fingerprint density at radius 3 is 2.94 bits per heavy atom. The fraction of sp³-hybridized carbons (Fsp3) is 0.769. The van der Waals surface area contributed by atoms with E-state index in [4.69, 9.17) is 0 Å². The van der Waals surface area contributed by atoms with Gasteiger partial charge in [-0.05, 0) is 32.2 Å². The second-order valence-electron chi connectivity index (χ2n) is 4.59. The molecule has 16 heavy (non-hydrogen) atoms. The van der Waals surface area contributed by atoms with Gasteiger partial charge in [-0.25, -0.2) is 0 Å². The molecule has 1 aliphatic heterocycles. The van der Waals surface area contributed by atoms with Gasteiger partial charge in [-0.1, -0.05) is 12.5 Å². The SMILES string of the molecule is C=CCCCCCN(C)C(=O)C1CCNC1. The van der Waals surface area contributed by atoms with Crippen LogP contribution in [0.1, 0.15) is 32.1 Å². The summed E-state index contributed by atoms with van der Waals surface area (Å²) < 4.78 is 0. The first-order chi connectivity index (χ1) is 7.75. The van der Waals surface area contributed by atoms with Crippen molar-refractivity contribution in [2.75, 3.05) is 26.7 Å². The van der Waals surface area contributed by atoms with E-state index in [1.807, 2.05) is 18.0 Å². The largest absolute Gasteiger partial charge is 0.345 e. The van der Waals surface area contributed by atoms with Gasteiger partial charge in [-0.15, -0.1) is 6.58 Å². The summed E-state index contributed by atoms with van der Waals surface area (Å²) in [4.78, 5) is 13.8. The van der Waals surface area contributed by atoms with Crippen LogP contribution in [0.5, 0.6) is 0 Å². The molecule has 1 unspecified atom stereocenters. The molecule has 1 saturated heterocycles. The summed E-state index contributed by atoms with van der Waals surface area (Å²) in [6.45, 7) is 6.45. The minimum Gasteiger partial charge on any atom is -0.345 e. The van der Waals surface area contributed by atoms with Crippen LogP contribution < -0.4 is 5.32 Å². The molecular formula is C13H24N2O. The summed E-state index contributed by atoms with van der Waals surface area (Å²) in [6, 6.07) is 0. The topological polar surface area (TPSA) is 32.3 Å². The van der Waals surface area contributed by atoms with Gasteiger partial charge < -0.3 is 10.2 Å². The van der Waals surface area contributed by atoms with Crippen molar-refractivity contribution in [2.24, 2.45) is 5.92 Å². The minimum atomic E-state index is 0.221. The molecule has 1 amide bonds. The van der Waals surface area contributed by atoms with Crippen molar-refractivity contribution in [2.45, 2.75) is 32.1 Å². The van der Waals surface area contributed by atoms with Crippen LogP contribution in [0.4, 0.5) is 0 Å². The number of allylic oxidation sites excluding steroid dienone is 1. The zero-order valence-corrected chi connectivity index (χ0v) is 10.4. The molecule has 0 aromatic heterocycles. The van der Waals surface area contributed by atoms with Gasteiger partial charge in [0.05, 0.1) is 5.92 Å². The summed E-state index contributed by atoms with van der Waals surface area (Å²) in [5.41, 5.74) is 0. The van der Waals surface area contributed by atoms with Crippen LogP contribution in [-0.2, 0) is 4.79 Å². The van der Waals surface area contributed by atoms with Crippen molar-refractivity contribution < 1.29 is 4.79 Å². The van der Waals surface area contributed by atoms with E-state index >= 15 is 0 Å². The molecule has 0 radical (unpaired) electrons. The molecule has 1 N–H and O–H groups in total. The number of hydrogen-bond acceptors (Lipinski definition) is 2. The fourth-order valence-corrected chi connectivity index (χ4v) is 2.10. The van der Waals surface area contributed by atoms with Crippen molar-refractivity contribution in [3.63, 3.8) is 0 Å². The molecule has 0 bridgehead atoms. The molecule has 1 aliphatic rings. The van der Waals surface area contributed by atoms with Gasteiger partial charge in [0.2, 0.25) is 5.91 Å². The molecule has 3 heteroatoms. The molecule has 1 atom stereocenters. The van der Waals surface area contributed by atoms with Crippen LogP contribution in [0.3, 0.4) is 0 Å². The first-order valence-electron chi connectivity index (χ1n) is 6.32. The zero-order chi connectivity index (χ0) is 11.8. The van der Waals surface area contributed by atoms with Crippen molar-refractivity contribution in [1.82, 2.24) is 10.2 Å². The van der Waals surface area contributed by atoms with E-state index in [-0.39, 0.29) is 5.92 Å². The molecule has 0 aromatic carbocycles. The molecule has 0 aliphatic carbocycles. The standard InChI is InChI=1S/C13H24N2O/c1-3-4-5-6-7-10-15(2)13(16)12-8-9-14-11-12/h3,12,14H,1,4-11H2,2H3. The highest BCUT2D eigenvalue weighted by Gasteiger charge is 2.24. The number of carbonyl (C=O) groups excluding carboxylic acids is 1. The van der Waals surface area contributed by atoms with Gasteiger partial charge in [0.15, 0.2) is 0 Å². The van der Waals surface area contributed by atoms with Gasteiger partial charge in [0, 0.05) is 20.1 Å². The number of hydrogen-bond donors (Lipinski definition) is 1. The Morgan fingerprint density at radius 1 is 1.50 bits per heavy atom. The van der Waals surface area contributed by atoms with E-state index in [1.54, 1.807) is 0 Å². The Bertz CT molecular complexity index is 222. The monoisotopic (exact) mass is 224 g/mol. The van der Waals surface area contributed by atoms with Crippen LogP contribution in [0.2, 0.25) is 0 Å². The molecule has 0 spiro atoms. The second-order valence-corrected chi connectivity index (χ2v) is 4.59. The van der Waals surface area contributed by atoms with Gasteiger partial charge in [-0.2, -0.15) is 0 Å². The normalized spacial score (nSPS) is 19.7. The lowest BCUT2D eigenvalue weighted by atomic mass is 10.1. The van der Waals surface area contributed by atoms with E-state index in [0.29, 0.717) is 5.91 Å². The lowest BCUT2D eigenvalue weighted by molar-refractivity contribution is -0.133. The van der Waals surface area contributed by atoms with Crippen molar-refractivity contribution in [3.05, 3.63) is 12.7 Å². The van der Waals surface area contributed by atoms with Gasteiger partial charge in [0.25, 0.3) is 0 Å². The fourth-order valence-electron chi connectivity index (χ4n) is 2.10. The highest BCUT2D eigenvalue weighted by atomic mass is 16.2.